The van der Waals surface area contributed by atoms with E-state index in [1.165, 1.54) is 12.1 Å². The number of hydrogen-bond donors (Lipinski definition) is 6. The number of nitrogens with one attached hydrogen (secondary N) is 1. The molecule has 33 heavy (non-hydrogen) atoms. The number of aliphatic hydroxyl groups excluding tert-OH is 3. The number of ether oxygens (including phenoxy) is 1. The number of imidazole rings is 1. The van der Waals surface area contributed by atoms with Gasteiger partial charge in [0.1, 0.15) is 42.2 Å². The third-order valence-corrected chi connectivity index (χ3v) is 7.18. The van der Waals surface area contributed by atoms with Crippen LogP contribution in [0.25, 0.3) is 11.2 Å². The average molecular weight is 501 g/mol. The molecule has 3 aromatic rings. The Labute approximate surface area is 190 Å². The predicted molar refractivity (Wildman–Crippen MR) is 111 cm³/mol. The van der Waals surface area contributed by atoms with E-state index in [0.29, 0.717) is 0 Å². The van der Waals surface area contributed by atoms with Gasteiger partial charge >= 0.3 is 5.06 Å². The first-order valence-electron chi connectivity index (χ1n) is 9.18. The summed E-state index contributed by atoms with van der Waals surface area (Å²) in [7, 11) is -5.13. The van der Waals surface area contributed by atoms with Crippen LogP contribution in [0.2, 0.25) is 5.02 Å². The second-order valence-electron chi connectivity index (χ2n) is 7.02. The minimum absolute atomic E-state index is 0.0522. The summed E-state index contributed by atoms with van der Waals surface area (Å²) in [6.07, 6.45) is -3.78. The number of phenols is 1. The molecule has 16 heteroatoms. The molecule has 0 bridgehead atoms. The number of anilines is 1. The lowest BCUT2D eigenvalue weighted by Gasteiger charge is -2.32. The predicted octanol–water partition coefficient (Wildman–Crippen LogP) is -1.75. The first-order valence-corrected chi connectivity index (χ1v) is 11.0. The normalized spacial score (nSPS) is 25.4. The van der Waals surface area contributed by atoms with Crippen molar-refractivity contribution in [3.63, 3.8) is 0 Å². The van der Waals surface area contributed by atoms with Gasteiger partial charge in [0.15, 0.2) is 11.5 Å². The van der Waals surface area contributed by atoms with E-state index >= 15 is 0 Å². The minimum Gasteiger partial charge on any atom is -0.506 e. The summed E-state index contributed by atoms with van der Waals surface area (Å²) in [5, 5.41) is 37.6. The zero-order valence-corrected chi connectivity index (χ0v) is 18.0. The van der Waals surface area contributed by atoms with Crippen LogP contribution in [0.5, 0.6) is 5.75 Å². The van der Waals surface area contributed by atoms with Crippen LogP contribution in [0.3, 0.4) is 0 Å². The smallest absolute Gasteiger partial charge is 0.300 e. The van der Waals surface area contributed by atoms with E-state index in [2.05, 4.69) is 15.0 Å². The van der Waals surface area contributed by atoms with Crippen molar-refractivity contribution in [3.8, 4) is 5.75 Å². The molecular weight excluding hydrogens is 484 g/mol. The van der Waals surface area contributed by atoms with Gasteiger partial charge in [-0.3, -0.25) is 9.36 Å². The van der Waals surface area contributed by atoms with Gasteiger partial charge in [-0.05, 0) is 12.1 Å². The molecule has 0 spiro atoms. The zero-order chi connectivity index (χ0) is 24.1. The van der Waals surface area contributed by atoms with Gasteiger partial charge in [-0.15, -0.1) is 0 Å². The highest BCUT2D eigenvalue weighted by Crippen LogP contribution is 2.42. The van der Waals surface area contributed by atoms with Crippen molar-refractivity contribution in [1.82, 2.24) is 24.2 Å². The van der Waals surface area contributed by atoms with Crippen molar-refractivity contribution in [2.45, 2.75) is 23.4 Å². The Balaban J connectivity index is 1.89. The SMILES string of the molecule is Nc1ncnc2c1ncn2[C@]1(S(=O)(=O)NC(=O)c2cccc(Cl)c2O)O[C@H](CO)[C@@H](O)[C@H]1O. The summed E-state index contributed by atoms with van der Waals surface area (Å²) in [6.45, 7) is -0.873. The Morgan fingerprint density at radius 1 is 1.30 bits per heavy atom. The number of halogens is 1. The minimum atomic E-state index is -5.13. The quantitative estimate of drug-likeness (QED) is 0.229. The molecule has 3 heterocycles. The second-order valence-corrected chi connectivity index (χ2v) is 9.22. The Bertz CT molecular complexity index is 1350. The highest BCUT2D eigenvalue weighted by Gasteiger charge is 2.65. The number of carbonyl (C=O) groups is 1. The number of nitrogens with two attached hydrogens (primary N) is 1. The molecule has 7 N–H and O–H groups in total. The monoisotopic (exact) mass is 500 g/mol. The van der Waals surface area contributed by atoms with Crippen LogP contribution in [-0.4, -0.2) is 79.2 Å². The molecular formula is C17H17ClN6O8S. The molecule has 1 aromatic carbocycles. The zero-order valence-electron chi connectivity index (χ0n) is 16.4. The summed E-state index contributed by atoms with van der Waals surface area (Å²) >= 11 is 5.78. The van der Waals surface area contributed by atoms with Crippen LogP contribution < -0.4 is 10.5 Å². The van der Waals surface area contributed by atoms with Crippen molar-refractivity contribution in [2.24, 2.45) is 0 Å². The number of benzene rings is 1. The molecule has 14 nitrogen and oxygen atoms in total. The number of carbonyl (C=O) groups excluding carboxylic acids is 1. The van der Waals surface area contributed by atoms with Crippen LogP contribution in [0.4, 0.5) is 5.82 Å². The highest BCUT2D eigenvalue weighted by atomic mass is 35.5. The fraction of sp³-hybridized carbons (Fsp3) is 0.294. The van der Waals surface area contributed by atoms with Gasteiger partial charge < -0.3 is 30.9 Å². The van der Waals surface area contributed by atoms with Gasteiger partial charge in [0.2, 0.25) is 0 Å². The van der Waals surface area contributed by atoms with Crippen molar-refractivity contribution >= 4 is 44.5 Å². The third kappa shape index (κ3) is 3.36. The van der Waals surface area contributed by atoms with Crippen LogP contribution in [0, 0.1) is 0 Å². The fourth-order valence-corrected chi connectivity index (χ4v) is 5.28. The van der Waals surface area contributed by atoms with E-state index in [9.17, 15) is 33.6 Å². The van der Waals surface area contributed by atoms with Crippen molar-refractivity contribution in [3.05, 3.63) is 41.4 Å². The number of aromatic nitrogens is 4. The standard InChI is InChI=1S/C17H17ClN6O8S/c18-8-3-1-2-7(11(8)26)16(29)23-33(30,31)17(13(28)12(27)9(4-25)32-17)24-6-22-10-14(19)20-5-21-15(10)24/h1-3,5-6,9,12-13,25-28H,4H2,(H,23,29)(H2,19,20,21)/t9-,12-,13-,17+/m1/s1. The van der Waals surface area contributed by atoms with Crippen molar-refractivity contribution in [2.75, 3.05) is 12.3 Å². The summed E-state index contributed by atoms with van der Waals surface area (Å²) in [6, 6.07) is 3.68. The molecule has 4 atom stereocenters. The average Bonchev–Trinajstić information content (AvgIpc) is 3.31. The third-order valence-electron chi connectivity index (χ3n) is 5.12. The number of sulfonamides is 1. The number of phenolic OH excluding ortho intramolecular Hbond substituents is 1. The molecule has 0 unspecified atom stereocenters. The van der Waals surface area contributed by atoms with Gasteiger partial charge in [-0.1, -0.05) is 17.7 Å². The largest absolute Gasteiger partial charge is 0.506 e. The lowest BCUT2D eigenvalue weighted by atomic mass is 10.1. The number of nitrogens with zero attached hydrogens (tertiary/aromatic N) is 4. The molecule has 4 rings (SSSR count). The second kappa shape index (κ2) is 8.05. The molecule has 0 radical (unpaired) electrons. The van der Waals surface area contributed by atoms with Crippen molar-refractivity contribution in [1.29, 1.82) is 0 Å². The number of aliphatic hydroxyl groups is 3. The van der Waals surface area contributed by atoms with Gasteiger partial charge in [0, 0.05) is 0 Å². The molecule has 1 saturated heterocycles. The summed E-state index contributed by atoms with van der Waals surface area (Å²) in [5.41, 5.74) is 4.99. The Morgan fingerprint density at radius 2 is 2.03 bits per heavy atom. The number of rotatable bonds is 5. The molecule has 176 valence electrons. The number of hydrogen-bond acceptors (Lipinski definition) is 12. The topological polar surface area (TPSA) is 223 Å². The fourth-order valence-electron chi connectivity index (χ4n) is 3.50. The number of nitrogen functional groups attached to an aromatic ring is 1. The highest BCUT2D eigenvalue weighted by molar-refractivity contribution is 7.90. The maximum Gasteiger partial charge on any atom is 0.300 e. The Kier molecular flexibility index (Phi) is 5.63. The first-order chi connectivity index (χ1) is 15.5. The van der Waals surface area contributed by atoms with E-state index in [-0.39, 0.29) is 22.0 Å². The molecule has 1 aliphatic rings. The van der Waals surface area contributed by atoms with Gasteiger partial charge in [-0.2, -0.15) is 0 Å². The van der Waals surface area contributed by atoms with Crippen LogP contribution in [0.15, 0.2) is 30.9 Å². The number of amides is 1. The molecule has 2 aromatic heterocycles. The molecule has 0 aliphatic carbocycles. The van der Waals surface area contributed by atoms with E-state index in [0.717, 1.165) is 23.3 Å². The molecule has 1 amide bonds. The van der Waals surface area contributed by atoms with Gasteiger partial charge in [0.25, 0.3) is 15.9 Å². The van der Waals surface area contributed by atoms with Crippen molar-refractivity contribution < 1.29 is 38.4 Å². The number of para-hydroxylation sites is 1. The lowest BCUT2D eigenvalue weighted by Crippen LogP contribution is -2.56. The van der Waals surface area contributed by atoms with Gasteiger partial charge in [-0.25, -0.2) is 28.1 Å². The maximum absolute atomic E-state index is 13.5. The van der Waals surface area contributed by atoms with E-state index in [4.69, 9.17) is 22.1 Å². The van der Waals surface area contributed by atoms with Crippen LogP contribution in [0.1, 0.15) is 10.4 Å². The van der Waals surface area contributed by atoms with Crippen LogP contribution >= 0.6 is 11.6 Å². The Hall–Kier alpha value is -3.08. The lowest BCUT2D eigenvalue weighted by molar-refractivity contribution is -0.0847. The summed E-state index contributed by atoms with van der Waals surface area (Å²) in [5.74, 6) is -2.12. The van der Waals surface area contributed by atoms with Crippen LogP contribution in [-0.2, 0) is 19.8 Å². The molecule has 0 saturated carbocycles. The Morgan fingerprint density at radius 3 is 2.70 bits per heavy atom. The maximum atomic E-state index is 13.5. The summed E-state index contributed by atoms with van der Waals surface area (Å²) < 4.78 is 35.0. The first kappa shape index (κ1) is 23.1. The number of fused-ring (bicyclic) bond motifs is 1. The summed E-state index contributed by atoms with van der Waals surface area (Å²) in [4.78, 5) is 24.3. The van der Waals surface area contributed by atoms with E-state index in [1.807, 2.05) is 0 Å². The van der Waals surface area contributed by atoms with E-state index < -0.39 is 57.2 Å². The van der Waals surface area contributed by atoms with E-state index in [1.54, 1.807) is 4.72 Å². The molecule has 1 fully saturated rings. The van der Waals surface area contributed by atoms with Gasteiger partial charge in [0.05, 0.1) is 17.2 Å². The number of aromatic hydroxyl groups is 1. The molecule has 1 aliphatic heterocycles.